The van der Waals surface area contributed by atoms with Gasteiger partial charge in [-0.25, -0.2) is 17.2 Å². The third kappa shape index (κ3) is 7.28. The summed E-state index contributed by atoms with van der Waals surface area (Å²) in [6, 6.07) is 12.4. The molecule has 0 saturated heterocycles. The van der Waals surface area contributed by atoms with Crippen molar-refractivity contribution < 1.29 is 22.0 Å². The Kier molecular flexibility index (Phi) is 8.34. The molecule has 3 rings (SSSR count). The summed E-state index contributed by atoms with van der Waals surface area (Å²) in [7, 11) is -3.33. The molecule has 1 amide bonds. The van der Waals surface area contributed by atoms with E-state index >= 15 is 0 Å². The summed E-state index contributed by atoms with van der Waals surface area (Å²) >= 11 is 18.4. The van der Waals surface area contributed by atoms with Crippen molar-refractivity contribution in [2.24, 2.45) is 0 Å². The van der Waals surface area contributed by atoms with Gasteiger partial charge in [-0.05, 0) is 41.7 Å². The van der Waals surface area contributed by atoms with Gasteiger partial charge in [-0.15, -0.1) is 0 Å². The van der Waals surface area contributed by atoms with Crippen LogP contribution in [0, 0.1) is 11.3 Å². The molecule has 2 aromatic rings. The number of amides is 1. The Morgan fingerprint density at radius 2 is 1.60 bits per heavy atom. The van der Waals surface area contributed by atoms with Crippen LogP contribution in [0.25, 0.3) is 11.1 Å². The van der Waals surface area contributed by atoms with Crippen molar-refractivity contribution in [3.63, 3.8) is 0 Å². The Hall–Kier alpha value is -1.96. The first kappa shape index (κ1) is 27.6. The topological polar surface area (TPSA) is 99.1 Å². The summed E-state index contributed by atoms with van der Waals surface area (Å²) in [4.78, 5) is 12.9. The van der Waals surface area contributed by atoms with Gasteiger partial charge in [-0.2, -0.15) is 5.26 Å². The molecule has 0 spiro atoms. The van der Waals surface area contributed by atoms with Gasteiger partial charge in [-0.1, -0.05) is 71.2 Å². The summed E-state index contributed by atoms with van der Waals surface area (Å²) in [5.74, 6) is -0.772. The molecule has 1 unspecified atom stereocenters. The van der Waals surface area contributed by atoms with Crippen LogP contribution in [0.1, 0.15) is 30.9 Å². The molecule has 0 aromatic heterocycles. The number of nitrogens with zero attached hydrogens (tertiary/aromatic N) is 1. The van der Waals surface area contributed by atoms with Crippen LogP contribution in [-0.4, -0.2) is 42.4 Å². The highest BCUT2D eigenvalue weighted by atomic mass is 35.6. The van der Waals surface area contributed by atoms with E-state index in [1.165, 1.54) is 12.1 Å². The van der Waals surface area contributed by atoms with Crippen molar-refractivity contribution >= 4 is 50.5 Å². The van der Waals surface area contributed by atoms with Crippen LogP contribution < -0.4 is 10.6 Å². The molecule has 2 atom stereocenters. The number of benzene rings is 2. The zero-order valence-corrected chi connectivity index (χ0v) is 21.5. The maximum absolute atomic E-state index is 13.2. The molecule has 1 aliphatic rings. The number of carbonyl (C=O) groups is 1. The standard InChI is InChI=1S/C23H22Cl3F2N3O3S/c1-35(33,34)17-8-6-15(7-9-17)14-2-4-16(5-3-14)20(23(24,25)26)30-18(12-19(27)28)21(32)31-22(13-29)10-11-22/h2-9,18-20,30H,10-12H2,1H3,(H,31,32)/t18?,20-/m0/s1. The van der Waals surface area contributed by atoms with Crippen molar-refractivity contribution in [1.29, 1.82) is 5.26 Å². The van der Waals surface area contributed by atoms with Crippen molar-refractivity contribution in [3.8, 4) is 17.2 Å². The van der Waals surface area contributed by atoms with E-state index < -0.39 is 50.0 Å². The number of hydrogen-bond acceptors (Lipinski definition) is 5. The van der Waals surface area contributed by atoms with Crippen molar-refractivity contribution in [1.82, 2.24) is 10.6 Å². The third-order valence-electron chi connectivity index (χ3n) is 5.61. The van der Waals surface area contributed by atoms with E-state index in [4.69, 9.17) is 34.8 Å². The lowest BCUT2D eigenvalue weighted by Gasteiger charge is -2.30. The van der Waals surface area contributed by atoms with Crippen LogP contribution in [0.4, 0.5) is 8.78 Å². The zero-order chi connectivity index (χ0) is 26.0. The first-order chi connectivity index (χ1) is 16.2. The quantitative estimate of drug-likeness (QED) is 0.420. The second-order valence-corrected chi connectivity index (χ2v) is 12.8. The average Bonchev–Trinajstić information content (AvgIpc) is 3.55. The van der Waals surface area contributed by atoms with Crippen LogP contribution in [0.5, 0.6) is 0 Å². The Bertz CT molecular complexity index is 1210. The van der Waals surface area contributed by atoms with Gasteiger partial charge in [0.25, 0.3) is 0 Å². The molecular weight excluding hydrogens is 543 g/mol. The largest absolute Gasteiger partial charge is 0.336 e. The fraction of sp³-hybridized carbons (Fsp3) is 0.391. The Morgan fingerprint density at radius 1 is 1.09 bits per heavy atom. The molecule has 1 saturated carbocycles. The summed E-state index contributed by atoms with van der Waals surface area (Å²) in [5, 5.41) is 14.5. The Labute approximate surface area is 217 Å². The van der Waals surface area contributed by atoms with E-state index in [9.17, 15) is 27.3 Å². The van der Waals surface area contributed by atoms with E-state index in [1.807, 2.05) is 6.07 Å². The van der Waals surface area contributed by atoms with Gasteiger partial charge in [0.2, 0.25) is 16.1 Å². The number of alkyl halides is 5. The fourth-order valence-electron chi connectivity index (χ4n) is 3.49. The van der Waals surface area contributed by atoms with Crippen LogP contribution in [0.15, 0.2) is 53.4 Å². The molecule has 0 bridgehead atoms. The van der Waals surface area contributed by atoms with E-state index in [1.54, 1.807) is 36.4 Å². The van der Waals surface area contributed by atoms with Crippen LogP contribution in [-0.2, 0) is 14.6 Å². The summed E-state index contributed by atoms with van der Waals surface area (Å²) < 4.78 is 47.8. The van der Waals surface area contributed by atoms with E-state index in [0.29, 0.717) is 18.4 Å². The van der Waals surface area contributed by atoms with Crippen molar-refractivity contribution in [3.05, 3.63) is 54.1 Å². The molecular formula is C23H22Cl3F2N3O3S. The van der Waals surface area contributed by atoms with Gasteiger partial charge in [0.05, 0.1) is 23.0 Å². The van der Waals surface area contributed by atoms with E-state index in [0.717, 1.165) is 17.4 Å². The monoisotopic (exact) mass is 563 g/mol. The Morgan fingerprint density at radius 3 is 2.00 bits per heavy atom. The van der Waals surface area contributed by atoms with Gasteiger partial charge < -0.3 is 5.32 Å². The maximum atomic E-state index is 13.2. The lowest BCUT2D eigenvalue weighted by molar-refractivity contribution is -0.125. The number of halogens is 5. The highest BCUT2D eigenvalue weighted by molar-refractivity contribution is 7.90. The van der Waals surface area contributed by atoms with E-state index in [2.05, 4.69) is 10.6 Å². The van der Waals surface area contributed by atoms with Gasteiger partial charge >= 0.3 is 0 Å². The minimum absolute atomic E-state index is 0.186. The molecule has 0 aliphatic heterocycles. The number of nitriles is 1. The number of hydrogen-bond donors (Lipinski definition) is 2. The van der Waals surface area contributed by atoms with Gasteiger partial charge in [-0.3, -0.25) is 10.1 Å². The summed E-state index contributed by atoms with van der Waals surface area (Å²) in [6.07, 6.45) is -1.65. The third-order valence-corrected chi connectivity index (χ3v) is 7.39. The van der Waals surface area contributed by atoms with E-state index in [-0.39, 0.29) is 4.90 Å². The first-order valence-electron chi connectivity index (χ1n) is 10.5. The summed E-state index contributed by atoms with van der Waals surface area (Å²) in [6.45, 7) is 0. The predicted molar refractivity (Wildman–Crippen MR) is 131 cm³/mol. The highest BCUT2D eigenvalue weighted by Crippen LogP contribution is 2.41. The van der Waals surface area contributed by atoms with Crippen LogP contribution >= 0.6 is 34.8 Å². The summed E-state index contributed by atoms with van der Waals surface area (Å²) in [5.41, 5.74) is 0.866. The number of sulfone groups is 1. The molecule has 0 radical (unpaired) electrons. The minimum atomic E-state index is -3.33. The zero-order valence-electron chi connectivity index (χ0n) is 18.4. The second kappa shape index (κ2) is 10.6. The first-order valence-corrected chi connectivity index (χ1v) is 13.5. The van der Waals surface area contributed by atoms with Crippen LogP contribution in [0.2, 0.25) is 0 Å². The smallest absolute Gasteiger partial charge is 0.240 e. The number of carbonyl (C=O) groups excluding carboxylic acids is 1. The van der Waals surface area contributed by atoms with Crippen molar-refractivity contribution in [2.75, 3.05) is 6.26 Å². The van der Waals surface area contributed by atoms with Gasteiger partial charge in [0.15, 0.2) is 9.84 Å². The van der Waals surface area contributed by atoms with Gasteiger partial charge in [0, 0.05) is 12.7 Å². The number of nitrogens with one attached hydrogen (secondary N) is 2. The molecule has 35 heavy (non-hydrogen) atoms. The predicted octanol–water partition coefficient (Wildman–Crippen LogP) is 4.95. The van der Waals surface area contributed by atoms with Crippen LogP contribution in [0.3, 0.4) is 0 Å². The highest BCUT2D eigenvalue weighted by Gasteiger charge is 2.46. The van der Waals surface area contributed by atoms with Gasteiger partial charge in [0.1, 0.15) is 5.54 Å². The molecule has 2 aromatic carbocycles. The molecule has 1 aliphatic carbocycles. The molecule has 2 N–H and O–H groups in total. The molecule has 0 heterocycles. The average molecular weight is 565 g/mol. The SMILES string of the molecule is CS(=O)(=O)c1ccc(-c2ccc([C@H](NC(CC(F)F)C(=O)NC3(C#N)CC3)C(Cl)(Cl)Cl)cc2)cc1. The number of rotatable bonds is 9. The molecule has 1 fully saturated rings. The normalized spacial score (nSPS) is 16.9. The second-order valence-electron chi connectivity index (χ2n) is 8.42. The lowest BCUT2D eigenvalue weighted by Crippen LogP contribution is -2.52. The minimum Gasteiger partial charge on any atom is -0.336 e. The molecule has 6 nitrogen and oxygen atoms in total. The molecule has 188 valence electrons. The van der Waals surface area contributed by atoms with Crippen molar-refractivity contribution in [2.45, 2.75) is 52.0 Å². The Balaban J connectivity index is 1.84. The molecule has 12 heteroatoms. The fourth-order valence-corrected chi connectivity index (χ4v) is 4.68. The maximum Gasteiger partial charge on any atom is 0.240 e. The lowest BCUT2D eigenvalue weighted by atomic mass is 10.00.